The molecule has 1 aromatic carbocycles. The quantitative estimate of drug-likeness (QED) is 0.670. The molecule has 0 aliphatic carbocycles. The van der Waals surface area contributed by atoms with Crippen LogP contribution in [0.5, 0.6) is 6.01 Å². The molecule has 5 nitrogen and oxygen atoms in total. The molecule has 0 unspecified atom stereocenters. The highest BCUT2D eigenvalue weighted by Gasteiger charge is 2.19. The molecule has 0 N–H and O–H groups in total. The van der Waals surface area contributed by atoms with Crippen molar-refractivity contribution in [1.29, 1.82) is 0 Å². The van der Waals surface area contributed by atoms with Crippen molar-refractivity contribution >= 4 is 40.6 Å². The number of benzene rings is 1. The normalized spacial score (nSPS) is 11.0. The molecule has 0 saturated carbocycles. The largest absolute Gasteiger partial charge is 0.463 e. The Bertz CT molecular complexity index is 819. The molecule has 0 spiro atoms. The summed E-state index contributed by atoms with van der Waals surface area (Å²) in [6, 6.07) is 7.41. The number of aromatic nitrogens is 4. The number of fused-ring (bicyclic) bond motifs is 1. The Morgan fingerprint density at radius 3 is 2.62 bits per heavy atom. The first-order chi connectivity index (χ1) is 10.1. The summed E-state index contributed by atoms with van der Waals surface area (Å²) < 4.78 is 6.62. The van der Waals surface area contributed by atoms with E-state index in [9.17, 15) is 0 Å². The molecule has 0 fully saturated rings. The van der Waals surface area contributed by atoms with Gasteiger partial charge in [-0.15, -0.1) is 5.10 Å². The van der Waals surface area contributed by atoms with Crippen molar-refractivity contribution in [3.05, 3.63) is 39.6 Å². The highest BCUT2D eigenvalue weighted by molar-refractivity contribution is 6.40. The Balaban J connectivity index is 2.26. The molecular formula is C13H9Cl3N4O. The zero-order valence-corrected chi connectivity index (χ0v) is 13.1. The van der Waals surface area contributed by atoms with Crippen molar-refractivity contribution in [2.75, 3.05) is 6.61 Å². The summed E-state index contributed by atoms with van der Waals surface area (Å²) in [6.07, 6.45) is 0. The molecule has 3 rings (SSSR count). The Hall–Kier alpha value is -1.56. The molecule has 0 aliphatic heterocycles. The number of nitrogens with zero attached hydrogens (tertiary/aromatic N) is 4. The lowest BCUT2D eigenvalue weighted by molar-refractivity contribution is 0.313. The molecule has 0 radical (unpaired) electrons. The highest BCUT2D eigenvalue weighted by atomic mass is 35.5. The Labute approximate surface area is 135 Å². The van der Waals surface area contributed by atoms with Crippen LogP contribution in [-0.4, -0.2) is 26.2 Å². The highest BCUT2D eigenvalue weighted by Crippen LogP contribution is 2.37. The molecule has 0 aliphatic rings. The summed E-state index contributed by atoms with van der Waals surface area (Å²) >= 11 is 18.8. The average molecular weight is 344 g/mol. The SMILES string of the molecule is CCOc1nc2nc(Cl)c(-c3ccccc3Cl)c(Cl)n2n1. The molecule has 0 amide bonds. The van der Waals surface area contributed by atoms with Crippen LogP contribution in [0.4, 0.5) is 0 Å². The average Bonchev–Trinajstić information content (AvgIpc) is 2.84. The minimum atomic E-state index is 0.194. The fourth-order valence-corrected chi connectivity index (χ4v) is 2.75. The summed E-state index contributed by atoms with van der Waals surface area (Å²) in [7, 11) is 0. The van der Waals surface area contributed by atoms with Crippen molar-refractivity contribution in [1.82, 2.24) is 19.6 Å². The van der Waals surface area contributed by atoms with Crippen LogP contribution in [0.15, 0.2) is 24.3 Å². The summed E-state index contributed by atoms with van der Waals surface area (Å²) in [6.45, 7) is 2.28. The first-order valence-corrected chi connectivity index (χ1v) is 7.24. The lowest BCUT2D eigenvalue weighted by Crippen LogP contribution is -1.98. The van der Waals surface area contributed by atoms with Crippen LogP contribution in [0.1, 0.15) is 6.92 Å². The number of rotatable bonds is 3. The molecule has 0 bridgehead atoms. The molecule has 2 aromatic heterocycles. The number of halogens is 3. The van der Waals surface area contributed by atoms with E-state index in [-0.39, 0.29) is 22.1 Å². The van der Waals surface area contributed by atoms with E-state index in [1.165, 1.54) is 4.52 Å². The topological polar surface area (TPSA) is 52.3 Å². The van der Waals surface area contributed by atoms with E-state index in [1.54, 1.807) is 6.07 Å². The van der Waals surface area contributed by atoms with E-state index in [4.69, 9.17) is 39.5 Å². The number of ether oxygens (including phenoxy) is 1. The summed E-state index contributed by atoms with van der Waals surface area (Å²) in [4.78, 5) is 8.29. The van der Waals surface area contributed by atoms with Crippen LogP contribution < -0.4 is 4.74 Å². The molecular weight excluding hydrogens is 335 g/mol. The van der Waals surface area contributed by atoms with Gasteiger partial charge in [-0.05, 0) is 13.0 Å². The van der Waals surface area contributed by atoms with E-state index in [1.807, 2.05) is 25.1 Å². The smallest absolute Gasteiger partial charge is 0.337 e. The third kappa shape index (κ3) is 2.52. The van der Waals surface area contributed by atoms with Gasteiger partial charge in [0.2, 0.25) is 0 Å². The molecule has 0 atom stereocenters. The molecule has 2 heterocycles. The van der Waals surface area contributed by atoms with Crippen molar-refractivity contribution in [3.8, 4) is 17.1 Å². The van der Waals surface area contributed by atoms with Crippen molar-refractivity contribution in [2.45, 2.75) is 6.92 Å². The van der Waals surface area contributed by atoms with Crippen LogP contribution in [0, 0.1) is 0 Å². The molecule has 21 heavy (non-hydrogen) atoms. The van der Waals surface area contributed by atoms with Crippen LogP contribution in [-0.2, 0) is 0 Å². The second-order valence-corrected chi connectivity index (χ2v) is 5.21. The zero-order chi connectivity index (χ0) is 15.0. The van der Waals surface area contributed by atoms with Gasteiger partial charge in [-0.3, -0.25) is 0 Å². The van der Waals surface area contributed by atoms with E-state index in [2.05, 4.69) is 15.1 Å². The minimum Gasteiger partial charge on any atom is -0.463 e. The van der Waals surface area contributed by atoms with Crippen LogP contribution in [0.25, 0.3) is 16.9 Å². The van der Waals surface area contributed by atoms with Gasteiger partial charge in [-0.25, -0.2) is 0 Å². The molecule has 3 aromatic rings. The van der Waals surface area contributed by atoms with Crippen molar-refractivity contribution < 1.29 is 4.74 Å². The Morgan fingerprint density at radius 1 is 1.14 bits per heavy atom. The molecule has 0 saturated heterocycles. The van der Waals surface area contributed by atoms with Crippen LogP contribution >= 0.6 is 34.8 Å². The number of hydrogen-bond acceptors (Lipinski definition) is 4. The molecule has 8 heteroatoms. The van der Waals surface area contributed by atoms with Gasteiger partial charge in [-0.2, -0.15) is 14.5 Å². The number of hydrogen-bond donors (Lipinski definition) is 0. The lowest BCUT2D eigenvalue weighted by atomic mass is 10.1. The van der Waals surface area contributed by atoms with Crippen LogP contribution in [0.2, 0.25) is 15.3 Å². The summed E-state index contributed by atoms with van der Waals surface area (Å²) in [5.41, 5.74) is 1.18. The Morgan fingerprint density at radius 2 is 1.90 bits per heavy atom. The monoisotopic (exact) mass is 342 g/mol. The zero-order valence-electron chi connectivity index (χ0n) is 10.8. The maximum Gasteiger partial charge on any atom is 0.337 e. The maximum atomic E-state index is 6.39. The lowest BCUT2D eigenvalue weighted by Gasteiger charge is -2.08. The van der Waals surface area contributed by atoms with Crippen LogP contribution in [0.3, 0.4) is 0 Å². The van der Waals surface area contributed by atoms with E-state index in [0.29, 0.717) is 22.8 Å². The van der Waals surface area contributed by atoms with Gasteiger partial charge in [0.1, 0.15) is 10.3 Å². The predicted octanol–water partition coefficient (Wildman–Crippen LogP) is 4.15. The van der Waals surface area contributed by atoms with E-state index in [0.717, 1.165) is 0 Å². The van der Waals surface area contributed by atoms with Gasteiger partial charge in [0.15, 0.2) is 0 Å². The Kier molecular flexibility index (Phi) is 3.89. The third-order valence-electron chi connectivity index (χ3n) is 2.78. The van der Waals surface area contributed by atoms with E-state index < -0.39 is 0 Å². The first kappa shape index (κ1) is 14.4. The standard InChI is InChI=1S/C13H9Cl3N4O/c1-2-21-13-18-12-17-10(15)9(11(16)20(12)19-13)7-5-3-4-6-8(7)14/h3-6H,2H2,1H3. The first-order valence-electron chi connectivity index (χ1n) is 6.11. The maximum absolute atomic E-state index is 6.39. The summed E-state index contributed by atoms with van der Waals surface area (Å²) in [5, 5.41) is 5.15. The minimum absolute atomic E-state index is 0.194. The van der Waals surface area contributed by atoms with Gasteiger partial charge in [0.05, 0.1) is 12.2 Å². The van der Waals surface area contributed by atoms with E-state index >= 15 is 0 Å². The van der Waals surface area contributed by atoms with Gasteiger partial charge >= 0.3 is 6.01 Å². The van der Waals surface area contributed by atoms with Gasteiger partial charge in [0, 0.05) is 10.6 Å². The fourth-order valence-electron chi connectivity index (χ4n) is 1.90. The fraction of sp³-hybridized carbons (Fsp3) is 0.154. The van der Waals surface area contributed by atoms with Gasteiger partial charge in [-0.1, -0.05) is 53.0 Å². The van der Waals surface area contributed by atoms with Crippen molar-refractivity contribution in [2.24, 2.45) is 0 Å². The van der Waals surface area contributed by atoms with Gasteiger partial charge < -0.3 is 4.74 Å². The second kappa shape index (κ2) is 5.67. The third-order valence-corrected chi connectivity index (χ3v) is 3.74. The second-order valence-electron chi connectivity index (χ2n) is 4.09. The van der Waals surface area contributed by atoms with Crippen molar-refractivity contribution in [3.63, 3.8) is 0 Å². The summed E-state index contributed by atoms with van der Waals surface area (Å²) in [5.74, 6) is 0.268. The van der Waals surface area contributed by atoms with Gasteiger partial charge in [0.25, 0.3) is 5.78 Å². The predicted molar refractivity (Wildman–Crippen MR) is 82.4 cm³/mol. The molecule has 108 valence electrons.